The molecule has 1 aromatic heterocycles. The monoisotopic (exact) mass is 370 g/mol. The molecule has 2 aromatic rings. The normalized spacial score (nSPS) is 16.9. The molecule has 7 nitrogen and oxygen atoms in total. The number of likely N-dealkylation sites (tertiary alicyclic amines) is 1. The average Bonchev–Trinajstić information content (AvgIpc) is 3.17. The fraction of sp³-hybridized carbons (Fsp3) is 0.500. The molecule has 1 fully saturated rings. The van der Waals surface area contributed by atoms with Gasteiger partial charge in [-0.2, -0.15) is 0 Å². The highest BCUT2D eigenvalue weighted by molar-refractivity contribution is 5.95. The smallest absolute Gasteiger partial charge is 0.328 e. The molecule has 1 aliphatic heterocycles. The van der Waals surface area contributed by atoms with Gasteiger partial charge in [-0.3, -0.25) is 9.48 Å². The van der Waals surface area contributed by atoms with Gasteiger partial charge in [0.2, 0.25) is 0 Å². The standard InChI is InChI=1S/C20H26N4O3/c1-2-27-20(26)18-12-6-7-14-24(18)19(25)17-15-23(22-21-17)13-8-11-16-9-4-3-5-10-16/h3-5,9-10,15,18H,2,6-8,11-14H2,1H3/t18-/m0/s1. The van der Waals surface area contributed by atoms with Crippen molar-refractivity contribution in [1.29, 1.82) is 0 Å². The third kappa shape index (κ3) is 4.93. The summed E-state index contributed by atoms with van der Waals surface area (Å²) in [6.45, 7) is 3.32. The first-order valence-electron chi connectivity index (χ1n) is 9.60. The Bertz CT molecular complexity index is 760. The predicted molar refractivity (Wildman–Crippen MR) is 100 cm³/mol. The quantitative estimate of drug-likeness (QED) is 0.700. The van der Waals surface area contributed by atoms with E-state index in [1.165, 1.54) is 5.56 Å². The molecule has 3 rings (SSSR count). The number of esters is 1. The molecule has 0 radical (unpaired) electrons. The van der Waals surface area contributed by atoms with Gasteiger partial charge in [0.15, 0.2) is 5.69 Å². The fourth-order valence-electron chi connectivity index (χ4n) is 3.40. The maximum Gasteiger partial charge on any atom is 0.328 e. The summed E-state index contributed by atoms with van der Waals surface area (Å²) in [5, 5.41) is 8.10. The van der Waals surface area contributed by atoms with Crippen molar-refractivity contribution in [2.45, 2.75) is 51.6 Å². The molecule has 1 atom stereocenters. The van der Waals surface area contributed by atoms with Crippen molar-refractivity contribution in [3.8, 4) is 0 Å². The Kier molecular flexibility index (Phi) is 6.57. The number of carbonyl (C=O) groups excluding carboxylic acids is 2. The molecule has 2 heterocycles. The van der Waals surface area contributed by atoms with E-state index >= 15 is 0 Å². The van der Waals surface area contributed by atoms with E-state index in [0.717, 1.165) is 25.7 Å². The summed E-state index contributed by atoms with van der Waals surface area (Å²) in [5.41, 5.74) is 1.56. The van der Waals surface area contributed by atoms with Crippen molar-refractivity contribution < 1.29 is 14.3 Å². The summed E-state index contributed by atoms with van der Waals surface area (Å²) in [5.74, 6) is -0.581. The zero-order valence-electron chi connectivity index (χ0n) is 15.7. The van der Waals surface area contributed by atoms with Gasteiger partial charge in [-0.25, -0.2) is 4.79 Å². The van der Waals surface area contributed by atoms with Crippen LogP contribution >= 0.6 is 0 Å². The zero-order chi connectivity index (χ0) is 19.1. The van der Waals surface area contributed by atoms with Crippen LogP contribution in [0.15, 0.2) is 36.5 Å². The third-order valence-corrected chi connectivity index (χ3v) is 4.78. The molecule has 27 heavy (non-hydrogen) atoms. The lowest BCUT2D eigenvalue weighted by atomic mass is 10.0. The van der Waals surface area contributed by atoms with Crippen LogP contribution in [0.1, 0.15) is 48.7 Å². The topological polar surface area (TPSA) is 77.3 Å². The number of nitrogens with zero attached hydrogens (tertiary/aromatic N) is 4. The Morgan fingerprint density at radius 2 is 2.04 bits per heavy atom. The first kappa shape index (κ1) is 19.1. The van der Waals surface area contributed by atoms with Crippen LogP contribution < -0.4 is 0 Å². The maximum atomic E-state index is 12.8. The van der Waals surface area contributed by atoms with Gasteiger partial charge in [-0.1, -0.05) is 35.5 Å². The number of piperidine rings is 1. The second-order valence-electron chi connectivity index (χ2n) is 6.72. The van der Waals surface area contributed by atoms with E-state index in [-0.39, 0.29) is 17.6 Å². The molecule has 0 bridgehead atoms. The Hall–Kier alpha value is -2.70. The van der Waals surface area contributed by atoms with Crippen molar-refractivity contribution in [3.63, 3.8) is 0 Å². The SMILES string of the molecule is CCOC(=O)[C@@H]1CCCCN1C(=O)c1cn(CCCc2ccccc2)nn1. The van der Waals surface area contributed by atoms with Gasteiger partial charge in [0.1, 0.15) is 6.04 Å². The van der Waals surface area contributed by atoms with Crippen LogP contribution in [0.2, 0.25) is 0 Å². The second kappa shape index (κ2) is 9.30. The van der Waals surface area contributed by atoms with E-state index in [1.807, 2.05) is 18.2 Å². The number of amides is 1. The molecule has 1 aliphatic rings. The molecule has 0 N–H and O–H groups in total. The molecular weight excluding hydrogens is 344 g/mol. The van der Waals surface area contributed by atoms with Crippen molar-refractivity contribution in [1.82, 2.24) is 19.9 Å². The predicted octanol–water partition coefficient (Wildman–Crippen LogP) is 2.47. The molecule has 144 valence electrons. The lowest BCUT2D eigenvalue weighted by Gasteiger charge is -2.33. The molecule has 0 aliphatic carbocycles. The van der Waals surface area contributed by atoms with E-state index in [1.54, 1.807) is 22.7 Å². The third-order valence-electron chi connectivity index (χ3n) is 4.78. The van der Waals surface area contributed by atoms with Crippen molar-refractivity contribution in [2.24, 2.45) is 0 Å². The highest BCUT2D eigenvalue weighted by Gasteiger charge is 2.34. The Balaban J connectivity index is 1.59. The van der Waals surface area contributed by atoms with Crippen LogP contribution in [-0.2, 0) is 22.5 Å². The van der Waals surface area contributed by atoms with Crippen LogP contribution in [0.25, 0.3) is 0 Å². The highest BCUT2D eigenvalue weighted by atomic mass is 16.5. The Morgan fingerprint density at radius 3 is 2.81 bits per heavy atom. The van der Waals surface area contributed by atoms with Crippen molar-refractivity contribution in [2.75, 3.05) is 13.2 Å². The lowest BCUT2D eigenvalue weighted by molar-refractivity contribution is -0.149. The summed E-state index contributed by atoms with van der Waals surface area (Å²) in [6, 6.07) is 9.74. The maximum absolute atomic E-state index is 12.8. The number of rotatable bonds is 7. The van der Waals surface area contributed by atoms with E-state index < -0.39 is 6.04 Å². The first-order valence-corrected chi connectivity index (χ1v) is 9.60. The highest BCUT2D eigenvalue weighted by Crippen LogP contribution is 2.20. The number of ether oxygens (including phenoxy) is 1. The van der Waals surface area contributed by atoms with Gasteiger partial charge in [0, 0.05) is 13.1 Å². The number of aromatic nitrogens is 3. The molecule has 1 aromatic carbocycles. The fourth-order valence-corrected chi connectivity index (χ4v) is 3.40. The van der Waals surface area contributed by atoms with Crippen LogP contribution in [-0.4, -0.2) is 51.0 Å². The van der Waals surface area contributed by atoms with Crippen LogP contribution in [0.4, 0.5) is 0 Å². The van der Waals surface area contributed by atoms with E-state index in [9.17, 15) is 9.59 Å². The number of aryl methyl sites for hydroxylation is 2. The van der Waals surface area contributed by atoms with Gasteiger partial charge >= 0.3 is 5.97 Å². The average molecular weight is 370 g/mol. The molecule has 0 saturated carbocycles. The van der Waals surface area contributed by atoms with E-state index in [2.05, 4.69) is 22.4 Å². The summed E-state index contributed by atoms with van der Waals surface area (Å²) in [7, 11) is 0. The van der Waals surface area contributed by atoms with Crippen LogP contribution in [0, 0.1) is 0 Å². The summed E-state index contributed by atoms with van der Waals surface area (Å²) in [4.78, 5) is 26.6. The lowest BCUT2D eigenvalue weighted by Crippen LogP contribution is -2.48. The molecule has 7 heteroatoms. The molecule has 0 spiro atoms. The second-order valence-corrected chi connectivity index (χ2v) is 6.72. The van der Waals surface area contributed by atoms with Gasteiger partial charge in [0.25, 0.3) is 5.91 Å². The van der Waals surface area contributed by atoms with Crippen molar-refractivity contribution in [3.05, 3.63) is 47.8 Å². The Morgan fingerprint density at radius 1 is 1.22 bits per heavy atom. The van der Waals surface area contributed by atoms with E-state index in [4.69, 9.17) is 4.74 Å². The minimum Gasteiger partial charge on any atom is -0.464 e. The van der Waals surface area contributed by atoms with Gasteiger partial charge in [-0.05, 0) is 44.6 Å². The van der Waals surface area contributed by atoms with E-state index in [0.29, 0.717) is 26.1 Å². The minimum atomic E-state index is -0.519. The van der Waals surface area contributed by atoms with Gasteiger partial charge in [0.05, 0.1) is 12.8 Å². The molecule has 1 amide bonds. The van der Waals surface area contributed by atoms with Gasteiger partial charge in [-0.15, -0.1) is 5.10 Å². The zero-order valence-corrected chi connectivity index (χ0v) is 15.7. The van der Waals surface area contributed by atoms with Crippen LogP contribution in [0.3, 0.4) is 0 Å². The first-order chi connectivity index (χ1) is 13.2. The molecular formula is C20H26N4O3. The number of hydrogen-bond donors (Lipinski definition) is 0. The summed E-state index contributed by atoms with van der Waals surface area (Å²) < 4.78 is 6.82. The summed E-state index contributed by atoms with van der Waals surface area (Å²) >= 11 is 0. The summed E-state index contributed by atoms with van der Waals surface area (Å²) in [6.07, 6.45) is 5.96. The Labute approximate surface area is 159 Å². The van der Waals surface area contributed by atoms with Crippen molar-refractivity contribution >= 4 is 11.9 Å². The number of benzene rings is 1. The van der Waals surface area contributed by atoms with Crippen LogP contribution in [0.5, 0.6) is 0 Å². The minimum absolute atomic E-state index is 0.248. The van der Waals surface area contributed by atoms with Gasteiger partial charge < -0.3 is 9.64 Å². The molecule has 0 unspecified atom stereocenters. The molecule has 1 saturated heterocycles. The number of carbonyl (C=O) groups is 2. The largest absolute Gasteiger partial charge is 0.464 e. The number of hydrogen-bond acceptors (Lipinski definition) is 5.